The van der Waals surface area contributed by atoms with Crippen molar-refractivity contribution in [3.05, 3.63) is 47.7 Å². The maximum absolute atomic E-state index is 12.0. The fraction of sp³-hybridized carbons (Fsp3) is 0.231. The molecule has 0 bridgehead atoms. The van der Waals surface area contributed by atoms with Gasteiger partial charge in [-0.2, -0.15) is 0 Å². The maximum Gasteiger partial charge on any atom is 0.263 e. The highest BCUT2D eigenvalue weighted by molar-refractivity contribution is 7.90. The molecule has 104 valence electrons. The van der Waals surface area contributed by atoms with E-state index in [-0.39, 0.29) is 10.9 Å². The number of oxazole rings is 1. The van der Waals surface area contributed by atoms with E-state index in [9.17, 15) is 8.42 Å². The number of aliphatic imine (C=N–C) groups is 1. The first-order valence-corrected chi connectivity index (χ1v) is 7.58. The number of sulfonamides is 1. The second kappa shape index (κ2) is 4.45. The smallest absolute Gasteiger partial charge is 0.263 e. The van der Waals surface area contributed by atoms with Crippen molar-refractivity contribution in [3.8, 4) is 0 Å². The summed E-state index contributed by atoms with van der Waals surface area (Å²) in [6, 6.07) is 6.37. The van der Waals surface area contributed by atoms with Crippen LogP contribution < -0.4 is 4.72 Å². The molecule has 0 aliphatic carbocycles. The summed E-state index contributed by atoms with van der Waals surface area (Å²) in [4.78, 5) is 8.71. The summed E-state index contributed by atoms with van der Waals surface area (Å²) in [5.41, 5.74) is 0.572. The fourth-order valence-corrected chi connectivity index (χ4v) is 3.28. The van der Waals surface area contributed by atoms with Gasteiger partial charge in [-0.15, -0.1) is 0 Å². The molecule has 3 rings (SSSR count). The Hall–Kier alpha value is -2.15. The lowest BCUT2D eigenvalue weighted by molar-refractivity contribution is 0.445. The Bertz CT molecular complexity index is 793. The molecule has 0 spiro atoms. The molecule has 2 heterocycles. The van der Waals surface area contributed by atoms with Crippen molar-refractivity contribution in [1.29, 1.82) is 0 Å². The molecule has 1 N–H and O–H groups in total. The molecule has 1 aromatic heterocycles. The van der Waals surface area contributed by atoms with Crippen molar-refractivity contribution in [1.82, 2.24) is 9.71 Å². The summed E-state index contributed by atoms with van der Waals surface area (Å²) in [6.45, 7) is 3.59. The molecule has 20 heavy (non-hydrogen) atoms. The van der Waals surface area contributed by atoms with Gasteiger partial charge in [-0.3, -0.25) is 9.71 Å². The van der Waals surface area contributed by atoms with Gasteiger partial charge in [0.05, 0.1) is 11.1 Å². The average molecular weight is 291 g/mol. The maximum atomic E-state index is 12.0. The van der Waals surface area contributed by atoms with Crippen LogP contribution in [-0.2, 0) is 10.0 Å². The van der Waals surface area contributed by atoms with Crippen LogP contribution in [0.3, 0.4) is 0 Å². The van der Waals surface area contributed by atoms with E-state index in [0.29, 0.717) is 23.1 Å². The predicted molar refractivity (Wildman–Crippen MR) is 73.0 cm³/mol. The number of nitrogens with zero attached hydrogens (tertiary/aromatic N) is 2. The van der Waals surface area contributed by atoms with Crippen LogP contribution in [0.25, 0.3) is 0 Å². The number of amidine groups is 1. The lowest BCUT2D eigenvalue weighted by Crippen LogP contribution is -2.22. The molecule has 0 saturated heterocycles. The lowest BCUT2D eigenvalue weighted by Gasteiger charge is -2.04. The van der Waals surface area contributed by atoms with Crippen LogP contribution in [0.5, 0.6) is 0 Å². The van der Waals surface area contributed by atoms with Crippen LogP contribution in [0.1, 0.15) is 30.2 Å². The summed E-state index contributed by atoms with van der Waals surface area (Å²) < 4.78 is 31.8. The molecule has 1 aliphatic rings. The third-order valence-corrected chi connectivity index (χ3v) is 4.38. The Balaban J connectivity index is 2.02. The quantitative estimate of drug-likeness (QED) is 0.914. The number of aromatic nitrogens is 1. The monoisotopic (exact) mass is 291 g/mol. The first-order valence-electron chi connectivity index (χ1n) is 6.10. The molecule has 0 saturated carbocycles. The van der Waals surface area contributed by atoms with Crippen molar-refractivity contribution in [2.75, 3.05) is 0 Å². The molecular formula is C13H13N3O3S. The van der Waals surface area contributed by atoms with E-state index in [1.807, 2.05) is 0 Å². The van der Waals surface area contributed by atoms with Gasteiger partial charge in [0.15, 0.2) is 0 Å². The number of nitrogens with one attached hydrogen (secondary N) is 1. The van der Waals surface area contributed by atoms with Crippen LogP contribution in [0.2, 0.25) is 0 Å². The molecule has 0 radical (unpaired) electrons. The topological polar surface area (TPSA) is 84.6 Å². The summed E-state index contributed by atoms with van der Waals surface area (Å²) in [6.07, 6.45) is 1.61. The summed E-state index contributed by atoms with van der Waals surface area (Å²) >= 11 is 0. The molecule has 2 aromatic rings. The third kappa shape index (κ3) is 2.09. The van der Waals surface area contributed by atoms with Crippen molar-refractivity contribution in [3.63, 3.8) is 0 Å². The number of fused-ring (bicyclic) bond motifs is 1. The first-order chi connectivity index (χ1) is 9.47. The fourth-order valence-electron chi connectivity index (χ4n) is 2.04. The van der Waals surface area contributed by atoms with Crippen molar-refractivity contribution in [2.45, 2.75) is 24.8 Å². The van der Waals surface area contributed by atoms with Crippen molar-refractivity contribution >= 4 is 15.9 Å². The van der Waals surface area contributed by atoms with Gasteiger partial charge in [-0.1, -0.05) is 12.1 Å². The number of rotatable bonds is 2. The summed E-state index contributed by atoms with van der Waals surface area (Å²) in [5, 5.41) is 0. The first kappa shape index (κ1) is 12.9. The normalized spacial score (nSPS) is 19.6. The SMILES string of the molecule is Cc1cnc(C(C)N=C2NS(=O)(=O)c3ccccc32)o1. The second-order valence-corrected chi connectivity index (χ2v) is 6.22. The van der Waals surface area contributed by atoms with Crippen LogP contribution in [0.15, 0.2) is 44.8 Å². The molecule has 1 unspecified atom stereocenters. The van der Waals surface area contributed by atoms with Gasteiger partial charge in [-0.25, -0.2) is 13.4 Å². The van der Waals surface area contributed by atoms with Crippen molar-refractivity contribution in [2.24, 2.45) is 4.99 Å². The predicted octanol–water partition coefficient (Wildman–Crippen LogP) is 1.78. The van der Waals surface area contributed by atoms with E-state index in [2.05, 4.69) is 14.7 Å². The van der Waals surface area contributed by atoms with Crippen LogP contribution in [0, 0.1) is 6.92 Å². The van der Waals surface area contributed by atoms with Crippen molar-refractivity contribution < 1.29 is 12.8 Å². The standard InChI is InChI=1S/C13H13N3O3S/c1-8-7-14-13(19-8)9(2)15-12-10-5-3-4-6-11(10)20(17,18)16-12/h3-7,9H,1-2H3,(H,15,16). The van der Waals surface area contributed by atoms with Crippen LogP contribution >= 0.6 is 0 Å². The van der Waals surface area contributed by atoms with Gasteiger partial charge in [0.1, 0.15) is 17.6 Å². The average Bonchev–Trinajstić information content (AvgIpc) is 2.93. The zero-order valence-corrected chi connectivity index (χ0v) is 11.8. The van der Waals surface area contributed by atoms with E-state index in [1.54, 1.807) is 44.3 Å². The Kier molecular flexibility index (Phi) is 2.86. The Morgan fingerprint density at radius 1 is 1.35 bits per heavy atom. The minimum atomic E-state index is -3.51. The molecule has 0 amide bonds. The Morgan fingerprint density at radius 2 is 2.10 bits per heavy atom. The van der Waals surface area contributed by atoms with Crippen LogP contribution in [-0.4, -0.2) is 19.2 Å². The number of benzene rings is 1. The van der Waals surface area contributed by atoms with E-state index in [0.717, 1.165) is 0 Å². The zero-order chi connectivity index (χ0) is 14.3. The summed E-state index contributed by atoms with van der Waals surface area (Å²) in [7, 11) is -3.51. The minimum Gasteiger partial charge on any atom is -0.444 e. The number of aryl methyl sites for hydroxylation is 1. The molecule has 6 nitrogen and oxygen atoms in total. The van der Waals surface area contributed by atoms with Gasteiger partial charge in [0, 0.05) is 5.56 Å². The van der Waals surface area contributed by atoms with Gasteiger partial charge >= 0.3 is 0 Å². The van der Waals surface area contributed by atoms with Gasteiger partial charge in [0.2, 0.25) is 5.89 Å². The highest BCUT2D eigenvalue weighted by Crippen LogP contribution is 2.25. The van der Waals surface area contributed by atoms with E-state index in [4.69, 9.17) is 4.42 Å². The Morgan fingerprint density at radius 3 is 2.80 bits per heavy atom. The number of hydrogen-bond donors (Lipinski definition) is 1. The molecule has 1 aliphatic heterocycles. The van der Waals surface area contributed by atoms with Gasteiger partial charge in [0.25, 0.3) is 10.0 Å². The molecule has 1 aromatic carbocycles. The van der Waals surface area contributed by atoms with E-state index >= 15 is 0 Å². The molecular weight excluding hydrogens is 278 g/mol. The highest BCUT2D eigenvalue weighted by Gasteiger charge is 2.30. The molecule has 7 heteroatoms. The molecule has 1 atom stereocenters. The van der Waals surface area contributed by atoms with E-state index < -0.39 is 10.0 Å². The van der Waals surface area contributed by atoms with Gasteiger partial charge in [-0.05, 0) is 26.0 Å². The van der Waals surface area contributed by atoms with E-state index in [1.165, 1.54) is 0 Å². The van der Waals surface area contributed by atoms with Crippen LogP contribution in [0.4, 0.5) is 0 Å². The highest BCUT2D eigenvalue weighted by atomic mass is 32.2. The Labute approximate surface area is 116 Å². The second-order valence-electron chi connectivity index (χ2n) is 4.56. The van der Waals surface area contributed by atoms with Gasteiger partial charge < -0.3 is 4.42 Å². The molecule has 0 fully saturated rings. The largest absolute Gasteiger partial charge is 0.444 e. The lowest BCUT2D eigenvalue weighted by atomic mass is 10.2. The third-order valence-electron chi connectivity index (χ3n) is 2.98. The minimum absolute atomic E-state index is 0.245. The number of hydrogen-bond acceptors (Lipinski definition) is 5. The summed E-state index contributed by atoms with van der Waals surface area (Å²) in [5.74, 6) is 1.47. The zero-order valence-electron chi connectivity index (χ0n) is 11.0.